The Balaban J connectivity index is 1.48. The minimum Gasteiger partial charge on any atom is -0.477 e. The van der Waals surface area contributed by atoms with E-state index in [-0.39, 0.29) is 12.1 Å². The van der Waals surface area contributed by atoms with Crippen molar-refractivity contribution in [3.05, 3.63) is 24.0 Å². The molecule has 30 heavy (non-hydrogen) atoms. The fraction of sp³-hybridized carbons (Fsp3) is 0.571. The minimum atomic E-state index is 0.196. The molecule has 0 radical (unpaired) electrons. The van der Waals surface area contributed by atoms with Crippen LogP contribution in [0.5, 0.6) is 5.88 Å². The summed E-state index contributed by atoms with van der Waals surface area (Å²) < 4.78 is 13.7. The molecule has 8 nitrogen and oxygen atoms in total. The van der Waals surface area contributed by atoms with Crippen molar-refractivity contribution in [1.82, 2.24) is 19.6 Å². The first-order valence-electron chi connectivity index (χ1n) is 10.7. The SMILES string of the molecule is CCOc1nc(C(C)C)ccc1-c1cnc2sc(N3C[C@@H]4[C@@H](N)CCO[C@@H]4C3)nn12. The van der Waals surface area contributed by atoms with Crippen LogP contribution in [0.4, 0.5) is 5.13 Å². The lowest BCUT2D eigenvalue weighted by atomic mass is 9.93. The number of rotatable bonds is 5. The van der Waals surface area contributed by atoms with Gasteiger partial charge in [0.25, 0.3) is 0 Å². The summed E-state index contributed by atoms with van der Waals surface area (Å²) in [5, 5.41) is 5.84. The van der Waals surface area contributed by atoms with Crippen LogP contribution in [0.15, 0.2) is 18.3 Å². The first-order valence-corrected chi connectivity index (χ1v) is 11.5. The number of ether oxygens (including phenoxy) is 2. The van der Waals surface area contributed by atoms with Crippen LogP contribution in [0.1, 0.15) is 38.8 Å². The molecular formula is C21H28N6O2S. The minimum absolute atomic E-state index is 0.196. The van der Waals surface area contributed by atoms with Crippen LogP contribution in [-0.4, -0.2) is 58.0 Å². The van der Waals surface area contributed by atoms with Gasteiger partial charge < -0.3 is 20.1 Å². The van der Waals surface area contributed by atoms with E-state index in [4.69, 9.17) is 25.3 Å². The molecule has 0 aliphatic carbocycles. The summed E-state index contributed by atoms with van der Waals surface area (Å²) >= 11 is 1.59. The third kappa shape index (κ3) is 3.34. The third-order valence-electron chi connectivity index (χ3n) is 6.02. The van der Waals surface area contributed by atoms with Gasteiger partial charge in [0, 0.05) is 37.4 Å². The largest absolute Gasteiger partial charge is 0.477 e. The van der Waals surface area contributed by atoms with E-state index in [0.717, 1.165) is 53.2 Å². The highest BCUT2D eigenvalue weighted by molar-refractivity contribution is 7.20. The number of hydrogen-bond acceptors (Lipinski definition) is 8. The lowest BCUT2D eigenvalue weighted by Gasteiger charge is -2.29. The second kappa shape index (κ2) is 7.79. The topological polar surface area (TPSA) is 90.8 Å². The van der Waals surface area contributed by atoms with Gasteiger partial charge in [-0.1, -0.05) is 25.2 Å². The molecule has 5 heterocycles. The van der Waals surface area contributed by atoms with Crippen LogP contribution in [0.3, 0.4) is 0 Å². The number of nitrogens with zero attached hydrogens (tertiary/aromatic N) is 5. The van der Waals surface area contributed by atoms with Crippen molar-refractivity contribution in [1.29, 1.82) is 0 Å². The lowest BCUT2D eigenvalue weighted by molar-refractivity contribution is -0.00904. The van der Waals surface area contributed by atoms with Crippen LogP contribution in [0.25, 0.3) is 16.2 Å². The standard InChI is InChI=1S/C21H28N6O2S/c1-4-28-19-13(5-6-16(24-19)12(2)3)17-9-23-20-27(17)25-21(30-20)26-10-14-15(22)7-8-29-18(14)11-26/h5-6,9,12,14-15,18H,4,7-8,10-11,22H2,1-3H3/t14-,15+,18-/m1/s1. The number of hydrogen-bond donors (Lipinski definition) is 1. The van der Waals surface area contributed by atoms with Gasteiger partial charge in [0.05, 0.1) is 30.2 Å². The first kappa shape index (κ1) is 19.7. The van der Waals surface area contributed by atoms with Crippen molar-refractivity contribution in [3.8, 4) is 17.1 Å². The number of pyridine rings is 1. The van der Waals surface area contributed by atoms with Gasteiger partial charge in [0.2, 0.25) is 16.0 Å². The molecule has 2 saturated heterocycles. The van der Waals surface area contributed by atoms with Crippen molar-refractivity contribution >= 4 is 21.4 Å². The molecule has 0 saturated carbocycles. The van der Waals surface area contributed by atoms with Crippen LogP contribution in [0.2, 0.25) is 0 Å². The normalized spacial score (nSPS) is 24.0. The maximum Gasteiger partial charge on any atom is 0.223 e. The third-order valence-corrected chi connectivity index (χ3v) is 7.00. The van der Waals surface area contributed by atoms with Gasteiger partial charge in [-0.3, -0.25) is 0 Å². The molecular weight excluding hydrogens is 400 g/mol. The molecule has 2 aliphatic rings. The van der Waals surface area contributed by atoms with Gasteiger partial charge in [-0.2, -0.15) is 0 Å². The predicted octanol–water partition coefficient (Wildman–Crippen LogP) is 2.93. The quantitative estimate of drug-likeness (QED) is 0.668. The molecule has 0 unspecified atom stereocenters. The summed E-state index contributed by atoms with van der Waals surface area (Å²) in [5.41, 5.74) is 9.14. The summed E-state index contributed by atoms with van der Waals surface area (Å²) in [6.07, 6.45) is 2.97. The molecule has 2 fully saturated rings. The van der Waals surface area contributed by atoms with Crippen molar-refractivity contribution in [2.45, 2.75) is 45.3 Å². The Labute approximate surface area is 180 Å². The van der Waals surface area contributed by atoms with Crippen molar-refractivity contribution in [2.24, 2.45) is 11.7 Å². The average Bonchev–Trinajstić information content (AvgIpc) is 3.42. The Morgan fingerprint density at radius 1 is 1.33 bits per heavy atom. The smallest absolute Gasteiger partial charge is 0.223 e. The zero-order valence-corrected chi connectivity index (χ0v) is 18.4. The molecule has 2 aliphatic heterocycles. The van der Waals surface area contributed by atoms with E-state index in [1.54, 1.807) is 11.3 Å². The van der Waals surface area contributed by atoms with E-state index < -0.39 is 0 Å². The highest BCUT2D eigenvalue weighted by Gasteiger charge is 2.41. The fourth-order valence-electron chi connectivity index (χ4n) is 4.32. The van der Waals surface area contributed by atoms with Gasteiger partial charge in [-0.15, -0.1) is 5.10 Å². The van der Waals surface area contributed by atoms with Gasteiger partial charge in [0.15, 0.2) is 0 Å². The Hall–Kier alpha value is -2.23. The van der Waals surface area contributed by atoms with Crippen molar-refractivity contribution < 1.29 is 9.47 Å². The van der Waals surface area contributed by atoms with Crippen LogP contribution in [-0.2, 0) is 4.74 Å². The predicted molar refractivity (Wildman–Crippen MR) is 117 cm³/mol. The van der Waals surface area contributed by atoms with E-state index in [2.05, 4.69) is 35.9 Å². The molecule has 160 valence electrons. The lowest BCUT2D eigenvalue weighted by Crippen LogP contribution is -2.43. The number of imidazole rings is 1. The number of fused-ring (bicyclic) bond motifs is 2. The molecule has 0 bridgehead atoms. The summed E-state index contributed by atoms with van der Waals surface area (Å²) in [6.45, 7) is 9.26. The van der Waals surface area contributed by atoms with Gasteiger partial charge in [0.1, 0.15) is 0 Å². The van der Waals surface area contributed by atoms with Gasteiger partial charge in [-0.25, -0.2) is 14.5 Å². The summed E-state index contributed by atoms with van der Waals surface area (Å²) in [7, 11) is 0. The van der Waals surface area contributed by atoms with E-state index in [0.29, 0.717) is 24.3 Å². The fourth-order valence-corrected chi connectivity index (χ4v) is 5.22. The zero-order valence-electron chi connectivity index (χ0n) is 17.6. The highest BCUT2D eigenvalue weighted by atomic mass is 32.1. The molecule has 2 N–H and O–H groups in total. The highest BCUT2D eigenvalue weighted by Crippen LogP contribution is 2.36. The Bertz CT molecular complexity index is 1050. The molecule has 3 atom stereocenters. The number of anilines is 1. The van der Waals surface area contributed by atoms with Crippen molar-refractivity contribution in [2.75, 3.05) is 31.2 Å². The maximum absolute atomic E-state index is 6.33. The molecule has 5 rings (SSSR count). The van der Waals surface area contributed by atoms with E-state index in [9.17, 15) is 0 Å². The second-order valence-corrected chi connectivity index (χ2v) is 9.26. The monoisotopic (exact) mass is 428 g/mol. The van der Waals surface area contributed by atoms with Crippen molar-refractivity contribution in [3.63, 3.8) is 0 Å². The van der Waals surface area contributed by atoms with Crippen LogP contribution >= 0.6 is 11.3 Å². The second-order valence-electron chi connectivity index (χ2n) is 8.33. The molecule has 0 amide bonds. The van der Waals surface area contributed by atoms with Crippen LogP contribution in [0, 0.1) is 5.92 Å². The first-order chi connectivity index (χ1) is 14.5. The molecule has 9 heteroatoms. The van der Waals surface area contributed by atoms with E-state index in [1.807, 2.05) is 17.6 Å². The molecule has 0 spiro atoms. The zero-order chi connectivity index (χ0) is 20.8. The van der Waals surface area contributed by atoms with Crippen LogP contribution < -0.4 is 15.4 Å². The maximum atomic E-state index is 6.33. The molecule has 3 aromatic rings. The number of nitrogens with two attached hydrogens (primary N) is 1. The average molecular weight is 429 g/mol. The Morgan fingerprint density at radius 3 is 2.97 bits per heavy atom. The molecule has 3 aromatic heterocycles. The van der Waals surface area contributed by atoms with Gasteiger partial charge >= 0.3 is 0 Å². The number of aromatic nitrogens is 4. The molecule has 0 aromatic carbocycles. The Kier molecular flexibility index (Phi) is 5.12. The van der Waals surface area contributed by atoms with E-state index >= 15 is 0 Å². The summed E-state index contributed by atoms with van der Waals surface area (Å²) in [5.74, 6) is 1.33. The van der Waals surface area contributed by atoms with Gasteiger partial charge in [-0.05, 0) is 31.4 Å². The Morgan fingerprint density at radius 2 is 2.20 bits per heavy atom. The van der Waals surface area contributed by atoms with E-state index in [1.165, 1.54) is 0 Å². The summed E-state index contributed by atoms with van der Waals surface area (Å²) in [6, 6.07) is 4.32. The summed E-state index contributed by atoms with van der Waals surface area (Å²) in [4.78, 5) is 12.5.